The van der Waals surface area contributed by atoms with Crippen LogP contribution in [0.4, 0.5) is 0 Å². The van der Waals surface area contributed by atoms with Crippen molar-refractivity contribution < 1.29 is 19.8 Å². The van der Waals surface area contributed by atoms with Gasteiger partial charge in [-0.25, -0.2) is 10.9 Å². The number of carbonyl (C=O) groups is 2. The average Bonchev–Trinajstić information content (AvgIpc) is 2.93. The summed E-state index contributed by atoms with van der Waals surface area (Å²) in [4.78, 5) is 24.0. The van der Waals surface area contributed by atoms with E-state index in [1.54, 1.807) is 12.1 Å². The Labute approximate surface area is 220 Å². The number of hydrazone groups is 2. The number of amides is 2. The lowest BCUT2D eigenvalue weighted by Crippen LogP contribution is -2.17. The lowest BCUT2D eigenvalue weighted by molar-refractivity contribution is -0.122. The van der Waals surface area contributed by atoms with E-state index >= 15 is 0 Å². The second kappa shape index (κ2) is 13.0. The molecule has 0 aromatic heterocycles. The molecule has 0 aliphatic carbocycles. The van der Waals surface area contributed by atoms with E-state index in [1.807, 2.05) is 60.7 Å². The van der Waals surface area contributed by atoms with Crippen LogP contribution in [0.25, 0.3) is 21.5 Å². The molecule has 0 fully saturated rings. The van der Waals surface area contributed by atoms with Crippen molar-refractivity contribution in [3.05, 3.63) is 83.9 Å². The van der Waals surface area contributed by atoms with Crippen LogP contribution in [0.3, 0.4) is 0 Å². The van der Waals surface area contributed by atoms with E-state index in [0.717, 1.165) is 34.4 Å². The van der Waals surface area contributed by atoms with Crippen molar-refractivity contribution in [3.8, 4) is 11.5 Å². The summed E-state index contributed by atoms with van der Waals surface area (Å²) >= 11 is 0. The van der Waals surface area contributed by atoms with Crippen LogP contribution >= 0.6 is 0 Å². The van der Waals surface area contributed by atoms with E-state index in [2.05, 4.69) is 21.1 Å². The number of carbonyl (C=O) groups excluding carboxylic acids is 2. The SMILES string of the molecule is O=C(CCCCCCC(=O)N/N=C/c1ccc2ccccc2c1O)N/N=C/c1ccc2ccccc2c1O. The topological polar surface area (TPSA) is 123 Å². The highest BCUT2D eigenvalue weighted by Gasteiger charge is 2.06. The molecule has 2 amide bonds. The number of phenols is 2. The molecule has 194 valence electrons. The number of nitrogens with one attached hydrogen (secondary N) is 2. The number of phenolic OH excluding ortho intramolecular Hbond substituents is 2. The lowest BCUT2D eigenvalue weighted by atomic mass is 10.1. The Kier molecular flexibility index (Phi) is 9.02. The molecular formula is C30H30N4O4. The maximum atomic E-state index is 12.0. The smallest absolute Gasteiger partial charge is 0.240 e. The van der Waals surface area contributed by atoms with Crippen molar-refractivity contribution in [1.29, 1.82) is 0 Å². The van der Waals surface area contributed by atoms with E-state index in [9.17, 15) is 19.8 Å². The minimum absolute atomic E-state index is 0.127. The van der Waals surface area contributed by atoms with Crippen LogP contribution < -0.4 is 10.9 Å². The van der Waals surface area contributed by atoms with Gasteiger partial charge in [-0.1, -0.05) is 73.5 Å². The van der Waals surface area contributed by atoms with E-state index in [0.29, 0.717) is 36.8 Å². The Bertz CT molecular complexity index is 1380. The van der Waals surface area contributed by atoms with Gasteiger partial charge in [0.2, 0.25) is 11.8 Å². The van der Waals surface area contributed by atoms with Crippen molar-refractivity contribution in [3.63, 3.8) is 0 Å². The second-order valence-corrected chi connectivity index (χ2v) is 8.95. The summed E-state index contributed by atoms with van der Waals surface area (Å²) in [5.74, 6) is -0.151. The fourth-order valence-corrected chi connectivity index (χ4v) is 4.14. The summed E-state index contributed by atoms with van der Waals surface area (Å²) in [6, 6.07) is 22.3. The molecule has 0 heterocycles. The fraction of sp³-hybridized carbons (Fsp3) is 0.200. The molecule has 38 heavy (non-hydrogen) atoms. The Morgan fingerprint density at radius 1 is 0.605 bits per heavy atom. The number of aromatic hydroxyl groups is 2. The monoisotopic (exact) mass is 510 g/mol. The first kappa shape index (κ1) is 26.3. The molecule has 0 aliphatic heterocycles. The van der Waals surface area contributed by atoms with Gasteiger partial charge < -0.3 is 10.2 Å². The molecule has 8 nitrogen and oxygen atoms in total. The molecule has 0 atom stereocenters. The zero-order chi connectivity index (χ0) is 26.7. The van der Waals surface area contributed by atoms with Crippen molar-refractivity contribution in [2.24, 2.45) is 10.2 Å². The van der Waals surface area contributed by atoms with Crippen molar-refractivity contribution in [1.82, 2.24) is 10.9 Å². The molecule has 0 aliphatic rings. The predicted molar refractivity (Wildman–Crippen MR) is 150 cm³/mol. The highest BCUT2D eigenvalue weighted by Crippen LogP contribution is 2.28. The van der Waals surface area contributed by atoms with Crippen molar-refractivity contribution in [2.45, 2.75) is 38.5 Å². The minimum Gasteiger partial charge on any atom is -0.507 e. The quantitative estimate of drug-likeness (QED) is 0.123. The van der Waals surface area contributed by atoms with Crippen LogP contribution in [0.2, 0.25) is 0 Å². The zero-order valence-corrected chi connectivity index (χ0v) is 20.9. The normalized spacial score (nSPS) is 11.5. The number of benzene rings is 4. The van der Waals surface area contributed by atoms with Gasteiger partial charge in [-0.2, -0.15) is 10.2 Å². The summed E-state index contributed by atoms with van der Waals surface area (Å²) in [6.45, 7) is 0. The molecule has 4 aromatic rings. The summed E-state index contributed by atoms with van der Waals surface area (Å²) in [7, 11) is 0. The van der Waals surface area contributed by atoms with E-state index in [1.165, 1.54) is 12.4 Å². The van der Waals surface area contributed by atoms with Gasteiger partial charge >= 0.3 is 0 Å². The van der Waals surface area contributed by atoms with Crippen LogP contribution in [-0.4, -0.2) is 34.5 Å². The molecule has 0 spiro atoms. The standard InChI is InChI=1S/C30H30N4O4/c35-27(33-31-19-23-17-15-21-9-5-7-11-25(21)29(23)37)13-3-1-2-4-14-28(36)34-32-20-24-18-16-22-10-6-8-12-26(22)30(24)38/h5-12,15-20,37-38H,1-4,13-14H2,(H,33,35)(H,34,36)/b31-19+,32-20+. The maximum Gasteiger partial charge on any atom is 0.240 e. The summed E-state index contributed by atoms with van der Waals surface area (Å²) in [5.41, 5.74) is 6.03. The molecule has 4 N–H and O–H groups in total. The van der Waals surface area contributed by atoms with Crippen molar-refractivity contribution in [2.75, 3.05) is 0 Å². The van der Waals surface area contributed by atoms with Crippen molar-refractivity contribution >= 4 is 45.8 Å². The van der Waals surface area contributed by atoms with Gasteiger partial charge in [-0.05, 0) is 35.7 Å². The van der Waals surface area contributed by atoms with Gasteiger partial charge in [0.25, 0.3) is 0 Å². The number of fused-ring (bicyclic) bond motifs is 2. The average molecular weight is 511 g/mol. The third-order valence-corrected chi connectivity index (χ3v) is 6.21. The predicted octanol–water partition coefficient (Wildman–Crippen LogP) is 5.35. The van der Waals surface area contributed by atoms with Crippen LogP contribution in [0, 0.1) is 0 Å². The largest absolute Gasteiger partial charge is 0.507 e. The number of hydrogen-bond donors (Lipinski definition) is 4. The third kappa shape index (κ3) is 6.94. The van der Waals surface area contributed by atoms with Crippen LogP contribution in [0.5, 0.6) is 11.5 Å². The summed E-state index contributed by atoms with van der Waals surface area (Å²) in [6.07, 6.45) is 6.51. The molecule has 4 aromatic carbocycles. The molecule has 0 radical (unpaired) electrons. The number of rotatable bonds is 11. The Balaban J connectivity index is 1.10. The molecule has 0 unspecified atom stereocenters. The number of hydrogen-bond acceptors (Lipinski definition) is 6. The zero-order valence-electron chi connectivity index (χ0n) is 20.9. The van der Waals surface area contributed by atoms with Gasteiger partial charge in [0.05, 0.1) is 12.4 Å². The third-order valence-electron chi connectivity index (χ3n) is 6.21. The lowest BCUT2D eigenvalue weighted by Gasteiger charge is -2.05. The first-order chi connectivity index (χ1) is 18.5. The van der Waals surface area contributed by atoms with Gasteiger partial charge in [-0.15, -0.1) is 0 Å². The summed E-state index contributed by atoms with van der Waals surface area (Å²) < 4.78 is 0. The first-order valence-corrected chi connectivity index (χ1v) is 12.6. The molecular weight excluding hydrogens is 480 g/mol. The Hall–Kier alpha value is -4.72. The molecule has 4 rings (SSSR count). The second-order valence-electron chi connectivity index (χ2n) is 8.95. The molecule has 0 saturated carbocycles. The highest BCUT2D eigenvalue weighted by molar-refractivity contribution is 5.98. The van der Waals surface area contributed by atoms with E-state index in [-0.39, 0.29) is 23.3 Å². The maximum absolute atomic E-state index is 12.0. The fourth-order valence-electron chi connectivity index (χ4n) is 4.14. The molecule has 0 bridgehead atoms. The van der Waals surface area contributed by atoms with E-state index in [4.69, 9.17) is 0 Å². The van der Waals surface area contributed by atoms with Gasteiger partial charge in [0, 0.05) is 34.7 Å². The van der Waals surface area contributed by atoms with Crippen LogP contribution in [0.15, 0.2) is 83.0 Å². The Morgan fingerprint density at radius 2 is 1.03 bits per heavy atom. The van der Waals surface area contributed by atoms with E-state index < -0.39 is 0 Å². The number of nitrogens with zero attached hydrogens (tertiary/aromatic N) is 2. The Morgan fingerprint density at radius 3 is 1.47 bits per heavy atom. The summed E-state index contributed by atoms with van der Waals surface area (Å²) in [5, 5.41) is 32.0. The van der Waals surface area contributed by atoms with Crippen LogP contribution in [0.1, 0.15) is 49.7 Å². The minimum atomic E-state index is -0.203. The molecule has 0 saturated heterocycles. The molecule has 8 heteroatoms. The van der Waals surface area contributed by atoms with Crippen LogP contribution in [-0.2, 0) is 9.59 Å². The first-order valence-electron chi connectivity index (χ1n) is 12.6. The van der Waals surface area contributed by atoms with Gasteiger partial charge in [0.1, 0.15) is 11.5 Å². The van der Waals surface area contributed by atoms with Gasteiger partial charge in [0.15, 0.2) is 0 Å². The number of unbranched alkanes of at least 4 members (excludes halogenated alkanes) is 3. The van der Waals surface area contributed by atoms with Gasteiger partial charge in [-0.3, -0.25) is 9.59 Å². The highest BCUT2D eigenvalue weighted by atomic mass is 16.3.